The molecule has 1 saturated carbocycles. The fourth-order valence-corrected chi connectivity index (χ4v) is 6.62. The number of nitrogens with one attached hydrogen (secondary N) is 3. The van der Waals surface area contributed by atoms with Crippen LogP contribution in [-0.2, 0) is 34.4 Å². The van der Waals surface area contributed by atoms with Gasteiger partial charge in [0, 0.05) is 36.4 Å². The van der Waals surface area contributed by atoms with E-state index in [9.17, 15) is 27.3 Å². The van der Waals surface area contributed by atoms with Crippen LogP contribution in [0.4, 0.5) is 28.0 Å². The smallest absolute Gasteiger partial charge is 0.435 e. The van der Waals surface area contributed by atoms with Gasteiger partial charge in [0.2, 0.25) is 0 Å². The second kappa shape index (κ2) is 16.7. The number of anilines is 1. The minimum atomic E-state index is -4.90. The molecule has 2 heterocycles. The Bertz CT molecular complexity index is 1880. The van der Waals surface area contributed by atoms with E-state index in [1.165, 1.54) is 18.2 Å². The van der Waals surface area contributed by atoms with Crippen LogP contribution in [0.3, 0.4) is 0 Å². The maximum absolute atomic E-state index is 15.6. The summed E-state index contributed by atoms with van der Waals surface area (Å²) in [4.78, 5) is 30.2. The molecule has 10 nitrogen and oxygen atoms in total. The normalized spacial score (nSPS) is 15.0. The third-order valence-corrected chi connectivity index (χ3v) is 10.5. The summed E-state index contributed by atoms with van der Waals surface area (Å²) in [5, 5.41) is 8.76. The van der Waals surface area contributed by atoms with Crippen molar-refractivity contribution in [3.05, 3.63) is 107 Å². The molecule has 0 radical (unpaired) electrons. The third kappa shape index (κ3) is 10.1. The fourth-order valence-electron chi connectivity index (χ4n) is 5.66. The summed E-state index contributed by atoms with van der Waals surface area (Å²) in [7, 11) is 0. The molecule has 0 aliphatic heterocycles. The predicted octanol–water partition coefficient (Wildman–Crippen LogP) is 8.19. The molecular formula is C38H44F4N6O4S. The molecule has 2 aromatic heterocycles. The van der Waals surface area contributed by atoms with E-state index in [1.807, 2.05) is 33.8 Å². The first-order chi connectivity index (χ1) is 25.1. The number of unbranched alkanes of at least 4 members (excludes halogenated alkanes) is 1. The highest BCUT2D eigenvalue weighted by atomic mass is 32.2. The molecule has 15 heteroatoms. The number of alkyl carbamates (subject to hydrolysis) is 1. The topological polar surface area (TPSA) is 133 Å². The second-order valence-electron chi connectivity index (χ2n) is 14.1. The summed E-state index contributed by atoms with van der Waals surface area (Å²) >= 11 is -1.60. The van der Waals surface area contributed by atoms with Crippen LogP contribution < -0.4 is 15.4 Å². The molecule has 2 unspecified atom stereocenters. The number of amides is 2. The lowest BCUT2D eigenvalue weighted by molar-refractivity contribution is -0.141. The number of nitrogens with zero attached hydrogens (tertiary/aromatic N) is 3. The summed E-state index contributed by atoms with van der Waals surface area (Å²) in [5.74, 6) is -1.40. The first-order valence-electron chi connectivity index (χ1n) is 17.5. The largest absolute Gasteiger partial charge is 0.598 e. The Morgan fingerprint density at radius 3 is 2.47 bits per heavy atom. The molecule has 2 amide bonds. The standard InChI is InChI=1S/C38H44F4N6O4S/c1-5-6-19-52-35(50)44-23-26-9-7-11-29(20-26)48-32(22-33(46-48)38(40,41)42)34(49)45-31-21-27(14-15-30(31)39)37(17-16-25-12-13-25,28-10-8-18-43-24-28)47-53(51)36(2,3)4/h7-11,14-15,18,20-22,24-25,47H,5-6,12-13,16-17,19,23H2,1-4H3,(H,44,50)(H,45,49). The lowest BCUT2D eigenvalue weighted by atomic mass is 9.80. The third-order valence-electron chi connectivity index (χ3n) is 8.86. The van der Waals surface area contributed by atoms with Crippen LogP contribution in [0, 0.1) is 11.7 Å². The van der Waals surface area contributed by atoms with Gasteiger partial charge in [-0.1, -0.05) is 50.5 Å². The summed E-state index contributed by atoms with van der Waals surface area (Å²) < 4.78 is 79.8. The first-order valence-corrected chi connectivity index (χ1v) is 18.6. The second-order valence-corrected chi connectivity index (χ2v) is 16.1. The van der Waals surface area contributed by atoms with Crippen molar-refractivity contribution in [2.24, 2.45) is 5.92 Å². The van der Waals surface area contributed by atoms with Crippen LogP contribution in [0.25, 0.3) is 5.69 Å². The average molecular weight is 757 g/mol. The monoisotopic (exact) mass is 756 g/mol. The molecule has 2 atom stereocenters. The molecule has 0 bridgehead atoms. The van der Waals surface area contributed by atoms with Crippen molar-refractivity contribution >= 4 is 29.0 Å². The molecule has 284 valence electrons. The van der Waals surface area contributed by atoms with Crippen molar-refractivity contribution < 1.29 is 36.4 Å². The Morgan fingerprint density at radius 2 is 1.81 bits per heavy atom. The zero-order valence-corrected chi connectivity index (χ0v) is 30.9. The van der Waals surface area contributed by atoms with Crippen LogP contribution >= 0.6 is 0 Å². The molecule has 1 aliphatic carbocycles. The van der Waals surface area contributed by atoms with Gasteiger partial charge in [-0.15, -0.1) is 4.72 Å². The van der Waals surface area contributed by atoms with Gasteiger partial charge < -0.3 is 19.9 Å². The maximum atomic E-state index is 15.6. The Labute approximate surface area is 309 Å². The van der Waals surface area contributed by atoms with Crippen molar-refractivity contribution in [2.45, 2.75) is 89.2 Å². The zero-order valence-electron chi connectivity index (χ0n) is 30.1. The number of rotatable bonds is 15. The lowest BCUT2D eigenvalue weighted by Crippen LogP contribution is -2.52. The Hall–Kier alpha value is -4.47. The van der Waals surface area contributed by atoms with E-state index in [-0.39, 0.29) is 24.5 Å². The highest BCUT2D eigenvalue weighted by Crippen LogP contribution is 2.43. The summed E-state index contributed by atoms with van der Waals surface area (Å²) in [6.45, 7) is 7.68. The Morgan fingerprint density at radius 1 is 1.04 bits per heavy atom. The van der Waals surface area contributed by atoms with Gasteiger partial charge in [-0.3, -0.25) is 9.78 Å². The van der Waals surface area contributed by atoms with E-state index in [0.29, 0.717) is 41.5 Å². The van der Waals surface area contributed by atoms with E-state index in [1.54, 1.807) is 36.7 Å². The minimum absolute atomic E-state index is 0.000797. The number of carbonyl (C=O) groups is 2. The van der Waals surface area contributed by atoms with Crippen molar-refractivity contribution in [3.8, 4) is 5.69 Å². The SMILES string of the molecule is CCCCOC(=O)NCc1cccc(-n2nc(C(F)(F)F)cc2C(=O)Nc2cc(C(CCC3CC3)(N[S+]([O-])C(C)(C)C)c3cccnc3)ccc2F)c1. The van der Waals surface area contributed by atoms with E-state index in [0.717, 1.165) is 36.4 Å². The molecule has 0 saturated heterocycles. The number of hydrogen-bond donors (Lipinski definition) is 3. The number of benzene rings is 2. The molecule has 2 aromatic carbocycles. The molecule has 4 aromatic rings. The fraction of sp³-hybridized carbons (Fsp3) is 0.421. The van der Waals surface area contributed by atoms with E-state index < -0.39 is 57.0 Å². The number of aromatic nitrogens is 3. The Kier molecular flexibility index (Phi) is 12.5. The van der Waals surface area contributed by atoms with Gasteiger partial charge in [0.1, 0.15) is 21.8 Å². The van der Waals surface area contributed by atoms with Gasteiger partial charge in [0.05, 0.1) is 18.0 Å². The molecule has 3 N–H and O–H groups in total. The number of alkyl halides is 3. The van der Waals surface area contributed by atoms with Gasteiger partial charge in [-0.05, 0) is 93.0 Å². The van der Waals surface area contributed by atoms with E-state index in [2.05, 4.69) is 25.4 Å². The van der Waals surface area contributed by atoms with Crippen molar-refractivity contribution in [3.63, 3.8) is 0 Å². The molecular weight excluding hydrogens is 713 g/mol. The number of hydrogen-bond acceptors (Lipinski definition) is 7. The zero-order chi connectivity index (χ0) is 38.4. The first kappa shape index (κ1) is 39.7. The molecule has 53 heavy (non-hydrogen) atoms. The van der Waals surface area contributed by atoms with Gasteiger partial charge in [0.15, 0.2) is 5.69 Å². The maximum Gasteiger partial charge on any atom is 0.435 e. The Balaban J connectivity index is 1.50. The van der Waals surface area contributed by atoms with Gasteiger partial charge in [-0.2, -0.15) is 18.3 Å². The minimum Gasteiger partial charge on any atom is -0.598 e. The number of halogens is 4. The summed E-state index contributed by atoms with van der Waals surface area (Å²) in [6, 6.07) is 14.4. The van der Waals surface area contributed by atoms with Crippen molar-refractivity contribution in [1.82, 2.24) is 24.8 Å². The molecule has 5 rings (SSSR count). The van der Waals surface area contributed by atoms with Crippen LogP contribution in [0.15, 0.2) is 73.1 Å². The van der Waals surface area contributed by atoms with Gasteiger partial charge in [0.25, 0.3) is 5.91 Å². The summed E-state index contributed by atoms with van der Waals surface area (Å²) in [5.41, 5.74) is -1.49. The van der Waals surface area contributed by atoms with Crippen LogP contribution in [-0.4, -0.2) is 42.7 Å². The van der Waals surface area contributed by atoms with Crippen molar-refractivity contribution in [2.75, 3.05) is 11.9 Å². The molecule has 0 spiro atoms. The van der Waals surface area contributed by atoms with Crippen LogP contribution in [0.5, 0.6) is 0 Å². The van der Waals surface area contributed by atoms with Crippen LogP contribution in [0.1, 0.15) is 99.1 Å². The van der Waals surface area contributed by atoms with Crippen LogP contribution in [0.2, 0.25) is 0 Å². The predicted molar refractivity (Wildman–Crippen MR) is 194 cm³/mol. The van der Waals surface area contributed by atoms with E-state index >= 15 is 4.39 Å². The lowest BCUT2D eigenvalue weighted by Gasteiger charge is -2.38. The average Bonchev–Trinajstić information content (AvgIpc) is 3.83. The van der Waals surface area contributed by atoms with Gasteiger partial charge in [-0.25, -0.2) is 13.9 Å². The number of pyridine rings is 1. The molecule has 1 aliphatic rings. The highest BCUT2D eigenvalue weighted by Gasteiger charge is 2.44. The molecule has 1 fully saturated rings. The number of ether oxygens (including phenoxy) is 1. The van der Waals surface area contributed by atoms with Gasteiger partial charge >= 0.3 is 12.3 Å². The summed E-state index contributed by atoms with van der Waals surface area (Å²) in [6.07, 6.45) is 2.64. The number of carbonyl (C=O) groups excluding carboxylic acids is 2. The van der Waals surface area contributed by atoms with Crippen molar-refractivity contribution in [1.29, 1.82) is 0 Å². The highest BCUT2D eigenvalue weighted by molar-refractivity contribution is 7.90. The quantitative estimate of drug-likeness (QED) is 0.0633. The van der Waals surface area contributed by atoms with E-state index in [4.69, 9.17) is 4.74 Å².